The average molecular weight is 703 g/mol. The first-order valence-electron chi connectivity index (χ1n) is 16.9. The summed E-state index contributed by atoms with van der Waals surface area (Å²) in [6.45, 7) is 11.4. The van der Waals surface area contributed by atoms with Gasteiger partial charge in [0.1, 0.15) is 12.1 Å². The van der Waals surface area contributed by atoms with E-state index in [0.717, 1.165) is 12.8 Å². The van der Waals surface area contributed by atoms with E-state index < -0.39 is 41.8 Å². The van der Waals surface area contributed by atoms with Crippen molar-refractivity contribution in [2.45, 2.75) is 111 Å². The van der Waals surface area contributed by atoms with Gasteiger partial charge in [0.2, 0.25) is 29.5 Å². The molecule has 0 rings (SSSR count). The molecule has 2 atom stereocenters. The van der Waals surface area contributed by atoms with Crippen molar-refractivity contribution in [3.63, 3.8) is 0 Å². The molecule has 0 aromatic heterocycles. The van der Waals surface area contributed by atoms with Crippen LogP contribution >= 0.6 is 11.8 Å². The van der Waals surface area contributed by atoms with E-state index in [1.807, 2.05) is 40.9 Å². The Kier molecular flexibility index (Phi) is 23.6. The summed E-state index contributed by atoms with van der Waals surface area (Å²) in [4.78, 5) is 73.7. The summed E-state index contributed by atoms with van der Waals surface area (Å²) < 4.78 is 5.93. The molecule has 0 aliphatic carbocycles. The molecule has 48 heavy (non-hydrogen) atoms. The van der Waals surface area contributed by atoms with Gasteiger partial charge in [0.15, 0.2) is 0 Å². The Labute approximate surface area is 291 Å². The fraction of sp³-hybridized carbons (Fsp3) is 0.818. The summed E-state index contributed by atoms with van der Waals surface area (Å²) in [6, 6.07) is -2.02. The van der Waals surface area contributed by atoms with Crippen LogP contribution in [0.15, 0.2) is 0 Å². The van der Waals surface area contributed by atoms with Gasteiger partial charge < -0.3 is 42.2 Å². The standard InChI is InChI=1S/C33H62N6O8S/c1-7-12-26(40)37-21-33(4,5)23-47-22-32(2,3)19-28(42)38-24(15-18-48-6)30(44)36-20-29(43)39-25(31(45)46)13-9-11-17-35-27(41)14-8-10-16-34/h24-25H,7-23,34H2,1-6H3,(H,35,41)(H,36,44)(H,37,40)(H,38,42)(H,39,43)(H,45,46). The lowest BCUT2D eigenvalue weighted by Gasteiger charge is -2.29. The van der Waals surface area contributed by atoms with Gasteiger partial charge in [-0.2, -0.15) is 11.8 Å². The number of unbranched alkanes of at least 4 members (excludes halogenated alkanes) is 2. The minimum absolute atomic E-state index is 0.00734. The van der Waals surface area contributed by atoms with Gasteiger partial charge in [-0.05, 0) is 68.9 Å². The highest BCUT2D eigenvalue weighted by Crippen LogP contribution is 2.23. The molecular weight excluding hydrogens is 640 g/mol. The van der Waals surface area contributed by atoms with Crippen LogP contribution in [0.1, 0.15) is 98.8 Å². The molecule has 0 aromatic rings. The second kappa shape index (κ2) is 25.1. The average Bonchev–Trinajstić information content (AvgIpc) is 2.99. The second-order valence-electron chi connectivity index (χ2n) is 13.7. The molecule has 0 bridgehead atoms. The SMILES string of the molecule is CCCC(=O)NCC(C)(C)COCC(C)(C)CC(=O)NC(CCSC)C(=O)NCC(=O)NC(CCCCNC(=O)CCCCN)C(=O)O. The molecular formula is C33H62N6O8S. The van der Waals surface area contributed by atoms with E-state index in [9.17, 15) is 33.9 Å². The zero-order valence-electron chi connectivity index (χ0n) is 30.0. The van der Waals surface area contributed by atoms with Crippen molar-refractivity contribution in [3.8, 4) is 0 Å². The number of aliphatic carboxylic acids is 1. The normalized spacial score (nSPS) is 12.8. The summed E-state index contributed by atoms with van der Waals surface area (Å²) >= 11 is 1.51. The predicted molar refractivity (Wildman–Crippen MR) is 188 cm³/mol. The summed E-state index contributed by atoms with van der Waals surface area (Å²) in [7, 11) is 0. The monoisotopic (exact) mass is 702 g/mol. The molecule has 2 unspecified atom stereocenters. The molecule has 0 saturated heterocycles. The number of carboxylic acids is 1. The molecule has 8 N–H and O–H groups in total. The van der Waals surface area contributed by atoms with Crippen molar-refractivity contribution < 1.29 is 38.6 Å². The number of rotatable bonds is 28. The minimum atomic E-state index is -1.19. The zero-order valence-corrected chi connectivity index (χ0v) is 30.8. The number of nitrogens with two attached hydrogens (primary N) is 1. The predicted octanol–water partition coefficient (Wildman–Crippen LogP) is 1.70. The summed E-state index contributed by atoms with van der Waals surface area (Å²) in [5, 5.41) is 23.0. The first kappa shape index (κ1) is 45.1. The third-order valence-electron chi connectivity index (χ3n) is 7.28. The van der Waals surface area contributed by atoms with Crippen molar-refractivity contribution in [1.29, 1.82) is 0 Å². The molecule has 0 aromatic carbocycles. The maximum absolute atomic E-state index is 13.0. The van der Waals surface area contributed by atoms with E-state index in [1.54, 1.807) is 0 Å². The zero-order chi connectivity index (χ0) is 36.6. The highest BCUT2D eigenvalue weighted by Gasteiger charge is 2.28. The maximum Gasteiger partial charge on any atom is 0.326 e. The number of amides is 5. The van der Waals surface area contributed by atoms with E-state index in [2.05, 4.69) is 26.6 Å². The molecule has 0 fully saturated rings. The largest absolute Gasteiger partial charge is 0.480 e. The number of carbonyl (C=O) groups is 6. The lowest BCUT2D eigenvalue weighted by molar-refractivity contribution is -0.142. The number of hydrogen-bond donors (Lipinski definition) is 7. The molecule has 15 heteroatoms. The van der Waals surface area contributed by atoms with E-state index >= 15 is 0 Å². The van der Waals surface area contributed by atoms with Gasteiger partial charge in [-0.1, -0.05) is 34.6 Å². The Morgan fingerprint density at radius 1 is 0.771 bits per heavy atom. The van der Waals surface area contributed by atoms with E-state index in [0.29, 0.717) is 77.1 Å². The number of carboxylic acid groups (broad SMARTS) is 1. The van der Waals surface area contributed by atoms with Gasteiger partial charge in [-0.15, -0.1) is 0 Å². The molecule has 0 aliphatic heterocycles. The Morgan fingerprint density at radius 3 is 2.04 bits per heavy atom. The van der Waals surface area contributed by atoms with Crippen LogP contribution in [0.25, 0.3) is 0 Å². The quantitative estimate of drug-likeness (QED) is 0.0586. The van der Waals surface area contributed by atoms with Crippen molar-refractivity contribution in [2.24, 2.45) is 16.6 Å². The highest BCUT2D eigenvalue weighted by molar-refractivity contribution is 7.98. The van der Waals surface area contributed by atoms with Gasteiger partial charge in [0.25, 0.3) is 0 Å². The van der Waals surface area contributed by atoms with Crippen LogP contribution in [-0.4, -0.2) is 104 Å². The highest BCUT2D eigenvalue weighted by atomic mass is 32.2. The Bertz CT molecular complexity index is 1010. The van der Waals surface area contributed by atoms with Gasteiger partial charge >= 0.3 is 5.97 Å². The van der Waals surface area contributed by atoms with Gasteiger partial charge in [0.05, 0.1) is 19.8 Å². The lowest BCUT2D eigenvalue weighted by atomic mass is 9.89. The lowest BCUT2D eigenvalue weighted by Crippen LogP contribution is -2.51. The third kappa shape index (κ3) is 23.4. The van der Waals surface area contributed by atoms with Crippen molar-refractivity contribution in [2.75, 3.05) is 51.4 Å². The number of nitrogens with one attached hydrogen (secondary N) is 5. The number of carbonyl (C=O) groups excluding carboxylic acids is 5. The van der Waals surface area contributed by atoms with Crippen LogP contribution in [0.5, 0.6) is 0 Å². The summed E-state index contributed by atoms with van der Waals surface area (Å²) in [5.41, 5.74) is 4.60. The maximum atomic E-state index is 13.0. The van der Waals surface area contributed by atoms with Crippen molar-refractivity contribution in [3.05, 3.63) is 0 Å². The van der Waals surface area contributed by atoms with Gasteiger partial charge in [-0.25, -0.2) is 4.79 Å². The molecule has 0 aliphatic rings. The van der Waals surface area contributed by atoms with Crippen molar-refractivity contribution >= 4 is 47.3 Å². The molecule has 0 saturated carbocycles. The topological polar surface area (TPSA) is 218 Å². The van der Waals surface area contributed by atoms with E-state index in [1.165, 1.54) is 11.8 Å². The second-order valence-corrected chi connectivity index (χ2v) is 14.7. The molecule has 0 spiro atoms. The molecule has 5 amide bonds. The minimum Gasteiger partial charge on any atom is -0.480 e. The summed E-state index contributed by atoms with van der Waals surface area (Å²) in [5.74, 6) is -2.21. The number of thioether (sulfide) groups is 1. The molecule has 278 valence electrons. The Morgan fingerprint density at radius 2 is 1.42 bits per heavy atom. The number of ether oxygens (including phenoxy) is 1. The fourth-order valence-electron chi connectivity index (χ4n) is 4.56. The first-order valence-corrected chi connectivity index (χ1v) is 18.3. The fourth-order valence-corrected chi connectivity index (χ4v) is 5.03. The van der Waals surface area contributed by atoms with Gasteiger partial charge in [-0.3, -0.25) is 24.0 Å². The molecule has 14 nitrogen and oxygen atoms in total. The van der Waals surface area contributed by atoms with Crippen LogP contribution in [0.2, 0.25) is 0 Å². The van der Waals surface area contributed by atoms with E-state index in [-0.39, 0.29) is 36.0 Å². The van der Waals surface area contributed by atoms with Crippen LogP contribution in [0, 0.1) is 10.8 Å². The Balaban J connectivity index is 4.77. The van der Waals surface area contributed by atoms with Crippen LogP contribution in [-0.2, 0) is 33.5 Å². The molecule has 0 radical (unpaired) electrons. The van der Waals surface area contributed by atoms with E-state index in [4.69, 9.17) is 10.5 Å². The summed E-state index contributed by atoms with van der Waals surface area (Å²) in [6.07, 6.45) is 6.65. The van der Waals surface area contributed by atoms with Crippen molar-refractivity contribution in [1.82, 2.24) is 26.6 Å². The van der Waals surface area contributed by atoms with Crippen LogP contribution < -0.4 is 32.3 Å². The van der Waals surface area contributed by atoms with Crippen LogP contribution in [0.4, 0.5) is 0 Å². The smallest absolute Gasteiger partial charge is 0.326 e. The first-order chi connectivity index (χ1) is 22.6. The Hall–Kier alpha value is -2.91. The molecule has 0 heterocycles. The third-order valence-corrected chi connectivity index (χ3v) is 7.93. The van der Waals surface area contributed by atoms with Gasteiger partial charge in [0, 0.05) is 37.8 Å². The van der Waals surface area contributed by atoms with Crippen LogP contribution in [0.3, 0.4) is 0 Å². The number of hydrogen-bond acceptors (Lipinski definition) is 9.